The molecule has 3 nitrogen and oxygen atoms in total. The van der Waals surface area contributed by atoms with Gasteiger partial charge < -0.3 is 0 Å². The molecule has 1 aromatic rings. The molecule has 0 N–H and O–H groups in total. The van der Waals surface area contributed by atoms with Crippen LogP contribution < -0.4 is 0 Å². The van der Waals surface area contributed by atoms with E-state index in [-0.39, 0.29) is 10.9 Å². The minimum atomic E-state index is -3.66. The first kappa shape index (κ1) is 36.6. The smallest absolute Gasteiger partial charge is 0.247 e. The molecule has 39 heavy (non-hydrogen) atoms. The average Bonchev–Trinajstić information content (AvgIpc) is 2.83. The molecule has 0 aliphatic carbocycles. The summed E-state index contributed by atoms with van der Waals surface area (Å²) in [5, 5.41) is -0.0621. The minimum Gasteiger partial charge on any atom is -0.247 e. The number of rotatable bonds is 24. The molecule has 0 aromatic heterocycles. The molecule has 1 atom stereocenters. The van der Waals surface area contributed by atoms with Crippen LogP contribution in [-0.4, -0.2) is 19.7 Å². The van der Waals surface area contributed by atoms with E-state index in [1.54, 1.807) is 0 Å². The van der Waals surface area contributed by atoms with Crippen LogP contribution in [0.25, 0.3) is 0 Å². The SMILES string of the molecule is CCCCCCCCCCCCCCP(OS(=O)(=O)Cc1ccccc1)C(CC(C)C)(CC(C)C)CC(C)C. The van der Waals surface area contributed by atoms with E-state index in [2.05, 4.69) is 48.5 Å². The summed E-state index contributed by atoms with van der Waals surface area (Å²) in [6.07, 6.45) is 19.8. The first-order valence-electron chi connectivity index (χ1n) is 16.2. The van der Waals surface area contributed by atoms with E-state index in [9.17, 15) is 8.42 Å². The average molecular weight is 583 g/mol. The van der Waals surface area contributed by atoms with Gasteiger partial charge in [0.05, 0.1) is 8.15 Å². The fraction of sp³-hybridized carbons (Fsp3) is 0.824. The summed E-state index contributed by atoms with van der Waals surface area (Å²) in [7, 11) is -4.78. The predicted octanol–water partition coefficient (Wildman–Crippen LogP) is 11.5. The van der Waals surface area contributed by atoms with E-state index in [1.165, 1.54) is 70.6 Å². The standard InChI is InChI=1S/C34H63O3PS/c1-8-9-10-11-12-13-14-15-16-17-18-22-25-38(37-39(35,36)29-33-23-20-19-21-24-33)34(26-30(2)3,27-31(4)5)28-32(6)7/h19-21,23-24,30-32H,8-18,22,25-29H2,1-7H3. The van der Waals surface area contributed by atoms with Gasteiger partial charge in [-0.25, -0.2) is 3.97 Å². The van der Waals surface area contributed by atoms with Gasteiger partial charge in [0.25, 0.3) is 10.1 Å². The second-order valence-corrected chi connectivity index (χ2v) is 17.4. The Morgan fingerprint density at radius 2 is 1.08 bits per heavy atom. The molecule has 228 valence electrons. The zero-order chi connectivity index (χ0) is 29.2. The van der Waals surface area contributed by atoms with E-state index < -0.39 is 18.3 Å². The molecular formula is C34H63O3PS. The maximum absolute atomic E-state index is 13.4. The first-order chi connectivity index (χ1) is 18.5. The lowest BCUT2D eigenvalue weighted by molar-refractivity contribution is 0.309. The van der Waals surface area contributed by atoms with Crippen molar-refractivity contribution >= 4 is 18.3 Å². The lowest BCUT2D eigenvalue weighted by Crippen LogP contribution is -2.35. The van der Waals surface area contributed by atoms with Crippen LogP contribution in [0, 0.1) is 17.8 Å². The van der Waals surface area contributed by atoms with E-state index in [0.29, 0.717) is 17.8 Å². The van der Waals surface area contributed by atoms with Gasteiger partial charge in [-0.3, -0.25) is 0 Å². The van der Waals surface area contributed by atoms with Crippen molar-refractivity contribution in [1.82, 2.24) is 0 Å². The zero-order valence-corrected chi connectivity index (χ0v) is 28.4. The van der Waals surface area contributed by atoms with Crippen LogP contribution in [-0.2, 0) is 19.8 Å². The highest BCUT2D eigenvalue weighted by molar-refractivity contribution is 7.90. The van der Waals surface area contributed by atoms with Crippen molar-refractivity contribution in [1.29, 1.82) is 0 Å². The molecule has 0 saturated heterocycles. The Bertz CT molecular complexity index is 794. The summed E-state index contributed by atoms with van der Waals surface area (Å²) < 4.78 is 33.2. The number of benzene rings is 1. The Morgan fingerprint density at radius 3 is 1.49 bits per heavy atom. The van der Waals surface area contributed by atoms with Crippen molar-refractivity contribution in [2.45, 2.75) is 156 Å². The lowest BCUT2D eigenvalue weighted by atomic mass is 9.82. The topological polar surface area (TPSA) is 43.4 Å². The lowest BCUT2D eigenvalue weighted by Gasteiger charge is -2.44. The number of hydrogen-bond acceptors (Lipinski definition) is 3. The quantitative estimate of drug-likeness (QED) is 0.0899. The summed E-state index contributed by atoms with van der Waals surface area (Å²) >= 11 is 0. The van der Waals surface area contributed by atoms with Crippen molar-refractivity contribution in [2.24, 2.45) is 17.8 Å². The van der Waals surface area contributed by atoms with Crippen LogP contribution in [0.5, 0.6) is 0 Å². The van der Waals surface area contributed by atoms with Crippen LogP contribution >= 0.6 is 8.15 Å². The molecule has 0 fully saturated rings. The number of unbranched alkanes of at least 4 members (excludes halogenated alkanes) is 11. The summed E-state index contributed by atoms with van der Waals surface area (Å²) in [5.41, 5.74) is 0.806. The van der Waals surface area contributed by atoms with Gasteiger partial charge in [-0.2, -0.15) is 8.42 Å². The molecule has 0 aliphatic rings. The number of hydrogen-bond donors (Lipinski definition) is 0. The van der Waals surface area contributed by atoms with Gasteiger partial charge in [-0.1, -0.05) is 149 Å². The van der Waals surface area contributed by atoms with Crippen molar-refractivity contribution in [3.8, 4) is 0 Å². The highest BCUT2D eigenvalue weighted by Crippen LogP contribution is 2.61. The molecule has 0 spiro atoms. The predicted molar refractivity (Wildman–Crippen MR) is 174 cm³/mol. The fourth-order valence-corrected chi connectivity index (χ4v) is 11.8. The molecule has 0 saturated carbocycles. The van der Waals surface area contributed by atoms with Gasteiger partial charge in [0.2, 0.25) is 0 Å². The Morgan fingerprint density at radius 1 is 0.667 bits per heavy atom. The molecule has 0 aliphatic heterocycles. The summed E-state index contributed by atoms with van der Waals surface area (Å²) in [6.45, 7) is 16.0. The van der Waals surface area contributed by atoms with E-state index >= 15 is 0 Å². The van der Waals surface area contributed by atoms with Gasteiger partial charge in [-0.05, 0) is 55.2 Å². The van der Waals surface area contributed by atoms with E-state index in [0.717, 1.165) is 37.4 Å². The largest absolute Gasteiger partial charge is 0.274 e. The minimum absolute atomic E-state index is 0.0355. The molecule has 0 bridgehead atoms. The second-order valence-electron chi connectivity index (χ2n) is 13.3. The van der Waals surface area contributed by atoms with Crippen molar-refractivity contribution in [2.75, 3.05) is 6.16 Å². The van der Waals surface area contributed by atoms with E-state index in [1.807, 2.05) is 30.3 Å². The van der Waals surface area contributed by atoms with Crippen molar-refractivity contribution in [3.05, 3.63) is 35.9 Å². The third-order valence-electron chi connectivity index (χ3n) is 7.50. The Labute approximate surface area is 245 Å². The summed E-state index contributed by atoms with van der Waals surface area (Å²) in [5.74, 6) is 1.49. The van der Waals surface area contributed by atoms with Gasteiger partial charge in [0, 0.05) is 5.16 Å². The fourth-order valence-electron chi connectivity index (χ4n) is 6.23. The molecule has 5 heteroatoms. The summed E-state index contributed by atoms with van der Waals surface area (Å²) in [6, 6.07) is 9.51. The highest BCUT2D eigenvalue weighted by Gasteiger charge is 2.43. The molecular weight excluding hydrogens is 519 g/mol. The van der Waals surface area contributed by atoms with Gasteiger partial charge in [0.15, 0.2) is 0 Å². The highest BCUT2D eigenvalue weighted by atomic mass is 32.2. The van der Waals surface area contributed by atoms with Gasteiger partial charge in [-0.15, -0.1) is 0 Å². The molecule has 1 unspecified atom stereocenters. The van der Waals surface area contributed by atoms with Gasteiger partial charge in [0.1, 0.15) is 5.75 Å². The Kier molecular flexibility index (Phi) is 19.2. The maximum Gasteiger partial charge on any atom is 0.274 e. The molecule has 1 rings (SSSR count). The van der Waals surface area contributed by atoms with Crippen LogP contribution in [0.4, 0.5) is 0 Å². The molecule has 1 aromatic carbocycles. The van der Waals surface area contributed by atoms with Crippen molar-refractivity contribution < 1.29 is 12.4 Å². The maximum atomic E-state index is 13.4. The zero-order valence-electron chi connectivity index (χ0n) is 26.7. The Hall–Kier alpha value is -0.440. The van der Waals surface area contributed by atoms with E-state index in [4.69, 9.17) is 3.97 Å². The summed E-state index contributed by atoms with van der Waals surface area (Å²) in [4.78, 5) is 0. The Balaban J connectivity index is 2.86. The van der Waals surface area contributed by atoms with Crippen LogP contribution in [0.3, 0.4) is 0 Å². The molecule has 0 radical (unpaired) electrons. The van der Waals surface area contributed by atoms with Crippen LogP contribution in [0.2, 0.25) is 0 Å². The first-order valence-corrected chi connectivity index (χ1v) is 19.3. The van der Waals surface area contributed by atoms with Gasteiger partial charge >= 0.3 is 0 Å². The third kappa shape index (κ3) is 17.2. The van der Waals surface area contributed by atoms with Crippen molar-refractivity contribution in [3.63, 3.8) is 0 Å². The monoisotopic (exact) mass is 582 g/mol. The third-order valence-corrected chi connectivity index (χ3v) is 12.1. The normalized spacial score (nSPS) is 13.6. The molecule has 0 heterocycles. The molecule has 0 amide bonds. The van der Waals surface area contributed by atoms with Crippen LogP contribution in [0.15, 0.2) is 30.3 Å². The second kappa shape index (κ2) is 20.4. The van der Waals surface area contributed by atoms with Crippen LogP contribution in [0.1, 0.15) is 150 Å².